The summed E-state index contributed by atoms with van der Waals surface area (Å²) in [5.41, 5.74) is 0.397. The van der Waals surface area contributed by atoms with Crippen molar-refractivity contribution in [2.24, 2.45) is 0 Å². The van der Waals surface area contributed by atoms with Gasteiger partial charge in [-0.3, -0.25) is 0 Å². The summed E-state index contributed by atoms with van der Waals surface area (Å²) in [5.74, 6) is -1.14. The van der Waals surface area contributed by atoms with Crippen LogP contribution in [0.4, 0.5) is 4.39 Å². The topological polar surface area (TPSA) is 65.0 Å². The first-order chi connectivity index (χ1) is 9.40. The number of carbonyl (C=O) groups is 1. The summed E-state index contributed by atoms with van der Waals surface area (Å²) in [7, 11) is 2.72. The predicted octanol–water partition coefficient (Wildman–Crippen LogP) is 2.06. The van der Waals surface area contributed by atoms with Gasteiger partial charge in [0.05, 0.1) is 20.8 Å². The molecule has 0 saturated carbocycles. The number of hydrogen-bond donors (Lipinski definition) is 1. The maximum absolute atomic E-state index is 14.2. The van der Waals surface area contributed by atoms with E-state index in [1.54, 1.807) is 6.92 Å². The summed E-state index contributed by atoms with van der Waals surface area (Å²) in [5, 5.41) is 10.1. The molecule has 0 fully saturated rings. The Balaban J connectivity index is 3.52. The first-order valence-electron chi connectivity index (χ1n) is 6.15. The van der Waals surface area contributed by atoms with E-state index in [4.69, 9.17) is 14.2 Å². The molecule has 5 nitrogen and oxygen atoms in total. The second-order valence-electron chi connectivity index (χ2n) is 4.20. The van der Waals surface area contributed by atoms with Gasteiger partial charge in [-0.1, -0.05) is 0 Å². The largest absolute Gasteiger partial charge is 0.492 e. The molecule has 0 aliphatic rings. The monoisotopic (exact) mass is 286 g/mol. The summed E-state index contributed by atoms with van der Waals surface area (Å²) in [6.07, 6.45) is -1.63. The average Bonchev–Trinajstić information content (AvgIpc) is 2.44. The van der Waals surface area contributed by atoms with E-state index in [9.17, 15) is 14.3 Å². The number of rotatable bonds is 5. The molecule has 1 atom stereocenters. The van der Waals surface area contributed by atoms with E-state index in [0.29, 0.717) is 0 Å². The third-order valence-corrected chi connectivity index (χ3v) is 3.05. The lowest BCUT2D eigenvalue weighted by Crippen LogP contribution is -2.18. The Hall–Kier alpha value is -1.82. The van der Waals surface area contributed by atoms with Crippen molar-refractivity contribution in [3.8, 4) is 11.5 Å². The Morgan fingerprint density at radius 3 is 2.20 bits per heavy atom. The number of aliphatic hydroxyl groups is 1. The molecule has 0 spiro atoms. The normalized spacial score (nSPS) is 11.9. The third kappa shape index (κ3) is 2.70. The van der Waals surface area contributed by atoms with E-state index in [1.165, 1.54) is 28.1 Å². The van der Waals surface area contributed by atoms with Gasteiger partial charge in [-0.25, -0.2) is 9.18 Å². The van der Waals surface area contributed by atoms with Gasteiger partial charge in [-0.15, -0.1) is 0 Å². The molecule has 0 aromatic heterocycles. The van der Waals surface area contributed by atoms with Crippen molar-refractivity contribution in [2.75, 3.05) is 20.8 Å². The van der Waals surface area contributed by atoms with Crippen molar-refractivity contribution in [3.05, 3.63) is 22.5 Å². The highest BCUT2D eigenvalue weighted by Gasteiger charge is 2.30. The number of aliphatic hydroxyl groups excluding tert-OH is 1. The Morgan fingerprint density at radius 2 is 1.75 bits per heavy atom. The molecule has 1 N–H and O–H groups in total. The second-order valence-corrected chi connectivity index (χ2v) is 4.20. The first-order valence-corrected chi connectivity index (χ1v) is 6.15. The molecule has 1 rings (SSSR count). The molecule has 0 saturated heterocycles. The summed E-state index contributed by atoms with van der Waals surface area (Å²) in [4.78, 5) is 11.7. The zero-order valence-corrected chi connectivity index (χ0v) is 12.2. The van der Waals surface area contributed by atoms with Crippen LogP contribution in [0.1, 0.15) is 29.7 Å². The van der Waals surface area contributed by atoms with Gasteiger partial charge in [0.15, 0.2) is 17.6 Å². The van der Waals surface area contributed by atoms with Crippen LogP contribution in [0.3, 0.4) is 0 Å². The Kier molecular flexibility index (Phi) is 5.33. The molecule has 0 amide bonds. The van der Waals surface area contributed by atoms with Crippen molar-refractivity contribution in [1.29, 1.82) is 0 Å². The molecule has 0 bridgehead atoms. The number of halogens is 1. The fourth-order valence-corrected chi connectivity index (χ4v) is 2.08. The minimum atomic E-state index is -1.63. The Bertz CT molecular complexity index is 513. The van der Waals surface area contributed by atoms with Crippen LogP contribution in [0.25, 0.3) is 0 Å². The highest BCUT2D eigenvalue weighted by Crippen LogP contribution is 2.42. The van der Waals surface area contributed by atoms with Crippen molar-refractivity contribution in [2.45, 2.75) is 26.9 Å². The van der Waals surface area contributed by atoms with Gasteiger partial charge in [0.1, 0.15) is 5.82 Å². The van der Waals surface area contributed by atoms with Crippen LogP contribution in [-0.4, -0.2) is 31.9 Å². The van der Waals surface area contributed by atoms with Crippen LogP contribution in [0.2, 0.25) is 0 Å². The number of methoxy groups -OCH3 is 2. The van der Waals surface area contributed by atoms with Gasteiger partial charge in [-0.05, 0) is 26.3 Å². The summed E-state index contributed by atoms with van der Waals surface area (Å²) >= 11 is 0. The maximum atomic E-state index is 14.2. The van der Waals surface area contributed by atoms with Gasteiger partial charge in [0.2, 0.25) is 0 Å². The standard InChI is InChI=1S/C14H19FO5/c1-6-20-14(17)11(16)9-7(2)10(15)8(3)12(18-4)13(9)19-5/h11,16H,6H2,1-5H3. The maximum Gasteiger partial charge on any atom is 0.339 e. The van der Waals surface area contributed by atoms with E-state index < -0.39 is 17.9 Å². The number of benzene rings is 1. The molecule has 1 aromatic rings. The molecular weight excluding hydrogens is 267 g/mol. The van der Waals surface area contributed by atoms with E-state index in [0.717, 1.165) is 0 Å². The Morgan fingerprint density at radius 1 is 1.20 bits per heavy atom. The minimum Gasteiger partial charge on any atom is -0.492 e. The van der Waals surface area contributed by atoms with Gasteiger partial charge in [0.25, 0.3) is 0 Å². The number of carbonyl (C=O) groups excluding carboxylic acids is 1. The third-order valence-electron chi connectivity index (χ3n) is 3.05. The van der Waals surface area contributed by atoms with E-state index in [2.05, 4.69) is 0 Å². The molecule has 0 heterocycles. The summed E-state index contributed by atoms with van der Waals surface area (Å²) < 4.78 is 29.2. The number of ether oxygens (including phenoxy) is 3. The van der Waals surface area contributed by atoms with Crippen LogP contribution < -0.4 is 9.47 Å². The average molecular weight is 286 g/mol. The van der Waals surface area contributed by atoms with Crippen LogP contribution in [0.5, 0.6) is 11.5 Å². The SMILES string of the molecule is CCOC(=O)C(O)c1c(C)c(F)c(C)c(OC)c1OC. The van der Waals surface area contributed by atoms with Gasteiger partial charge in [-0.2, -0.15) is 0 Å². The van der Waals surface area contributed by atoms with Crippen molar-refractivity contribution in [3.63, 3.8) is 0 Å². The molecule has 20 heavy (non-hydrogen) atoms. The zero-order chi connectivity index (χ0) is 15.4. The molecule has 0 radical (unpaired) electrons. The highest BCUT2D eigenvalue weighted by molar-refractivity contribution is 5.79. The quantitative estimate of drug-likeness (QED) is 0.839. The molecule has 112 valence electrons. The van der Waals surface area contributed by atoms with E-state index >= 15 is 0 Å². The fourth-order valence-electron chi connectivity index (χ4n) is 2.08. The van der Waals surface area contributed by atoms with Crippen LogP contribution in [0, 0.1) is 19.7 Å². The molecular formula is C14H19FO5. The van der Waals surface area contributed by atoms with Crippen molar-refractivity contribution in [1.82, 2.24) is 0 Å². The lowest BCUT2D eigenvalue weighted by Gasteiger charge is -2.21. The van der Waals surface area contributed by atoms with Crippen molar-refractivity contribution < 1.29 is 28.5 Å². The molecule has 0 aliphatic carbocycles. The smallest absolute Gasteiger partial charge is 0.339 e. The molecule has 0 aliphatic heterocycles. The van der Waals surface area contributed by atoms with Crippen LogP contribution in [-0.2, 0) is 9.53 Å². The number of hydrogen-bond acceptors (Lipinski definition) is 5. The van der Waals surface area contributed by atoms with E-state index in [-0.39, 0.29) is 34.8 Å². The number of esters is 1. The van der Waals surface area contributed by atoms with Crippen LogP contribution >= 0.6 is 0 Å². The lowest BCUT2D eigenvalue weighted by atomic mass is 9.97. The lowest BCUT2D eigenvalue weighted by molar-refractivity contribution is -0.153. The van der Waals surface area contributed by atoms with Gasteiger partial charge in [0, 0.05) is 11.1 Å². The van der Waals surface area contributed by atoms with Crippen LogP contribution in [0.15, 0.2) is 0 Å². The second kappa shape index (κ2) is 6.56. The first kappa shape index (κ1) is 16.2. The van der Waals surface area contributed by atoms with Gasteiger partial charge < -0.3 is 19.3 Å². The zero-order valence-electron chi connectivity index (χ0n) is 12.2. The minimum absolute atomic E-state index is 0.0194. The molecule has 6 heteroatoms. The Labute approximate surface area is 117 Å². The summed E-state index contributed by atoms with van der Waals surface area (Å²) in [6, 6.07) is 0. The van der Waals surface area contributed by atoms with E-state index in [1.807, 2.05) is 0 Å². The summed E-state index contributed by atoms with van der Waals surface area (Å²) in [6.45, 7) is 4.72. The fraction of sp³-hybridized carbons (Fsp3) is 0.500. The predicted molar refractivity (Wildman–Crippen MR) is 70.6 cm³/mol. The highest BCUT2D eigenvalue weighted by atomic mass is 19.1. The van der Waals surface area contributed by atoms with Gasteiger partial charge >= 0.3 is 5.97 Å². The van der Waals surface area contributed by atoms with Crippen molar-refractivity contribution >= 4 is 5.97 Å². The molecule has 1 aromatic carbocycles. The molecule has 1 unspecified atom stereocenters.